The normalized spacial score (nSPS) is 20.3. The smallest absolute Gasteiger partial charge is 0.271 e. The SMILES string of the molecule is O=S(=O)(Nc1ccc(NS(=O)(=O)N2CCCCC2)c(Cl)c1)N1CCCCC1. The number of rotatable bonds is 6. The number of anilines is 2. The average molecular weight is 437 g/mol. The van der Waals surface area contributed by atoms with Crippen LogP contribution in [0.3, 0.4) is 0 Å². The number of nitrogens with zero attached hydrogens (tertiary/aromatic N) is 2. The van der Waals surface area contributed by atoms with Crippen molar-refractivity contribution in [3.8, 4) is 0 Å². The maximum absolute atomic E-state index is 12.5. The molecule has 0 spiro atoms. The van der Waals surface area contributed by atoms with Crippen LogP contribution >= 0.6 is 11.6 Å². The Morgan fingerprint density at radius 1 is 0.741 bits per heavy atom. The molecule has 2 aliphatic heterocycles. The van der Waals surface area contributed by atoms with E-state index in [9.17, 15) is 16.8 Å². The first-order chi connectivity index (χ1) is 12.8. The molecule has 2 N–H and O–H groups in total. The molecule has 11 heteroatoms. The van der Waals surface area contributed by atoms with E-state index >= 15 is 0 Å². The fourth-order valence-electron chi connectivity index (χ4n) is 3.29. The Morgan fingerprint density at radius 2 is 1.22 bits per heavy atom. The van der Waals surface area contributed by atoms with Gasteiger partial charge in [0.15, 0.2) is 0 Å². The molecule has 8 nitrogen and oxygen atoms in total. The van der Waals surface area contributed by atoms with Gasteiger partial charge in [-0.05, 0) is 43.9 Å². The maximum atomic E-state index is 12.5. The van der Waals surface area contributed by atoms with Gasteiger partial charge in [0.25, 0.3) is 0 Å². The molecule has 27 heavy (non-hydrogen) atoms. The zero-order valence-corrected chi connectivity index (χ0v) is 17.4. The van der Waals surface area contributed by atoms with Crippen molar-refractivity contribution in [1.29, 1.82) is 0 Å². The first-order valence-electron chi connectivity index (χ1n) is 9.13. The molecule has 3 rings (SSSR count). The third-order valence-corrected chi connectivity index (χ3v) is 8.14. The predicted molar refractivity (Wildman–Crippen MR) is 107 cm³/mol. The Hall–Kier alpha value is -1.07. The van der Waals surface area contributed by atoms with Crippen molar-refractivity contribution in [2.75, 3.05) is 35.6 Å². The molecule has 0 aromatic heterocycles. The number of hydrogen-bond donors (Lipinski definition) is 2. The summed E-state index contributed by atoms with van der Waals surface area (Å²) in [4.78, 5) is 0. The lowest BCUT2D eigenvalue weighted by molar-refractivity contribution is 0.348. The molecule has 2 heterocycles. The van der Waals surface area contributed by atoms with Crippen LogP contribution in [0.2, 0.25) is 5.02 Å². The summed E-state index contributed by atoms with van der Waals surface area (Å²) in [6, 6.07) is 4.39. The highest BCUT2D eigenvalue weighted by molar-refractivity contribution is 7.90. The monoisotopic (exact) mass is 436 g/mol. The largest absolute Gasteiger partial charge is 0.301 e. The van der Waals surface area contributed by atoms with Crippen LogP contribution in [-0.2, 0) is 20.4 Å². The lowest BCUT2D eigenvalue weighted by Crippen LogP contribution is -2.39. The fraction of sp³-hybridized carbons (Fsp3) is 0.625. The summed E-state index contributed by atoms with van der Waals surface area (Å²) in [5, 5.41) is 0.134. The minimum Gasteiger partial charge on any atom is -0.271 e. The number of nitrogens with one attached hydrogen (secondary N) is 2. The van der Waals surface area contributed by atoms with Gasteiger partial charge in [0.2, 0.25) is 0 Å². The number of hydrogen-bond acceptors (Lipinski definition) is 4. The topological polar surface area (TPSA) is 98.8 Å². The van der Waals surface area contributed by atoms with E-state index in [-0.39, 0.29) is 10.7 Å². The van der Waals surface area contributed by atoms with Gasteiger partial charge in [-0.15, -0.1) is 0 Å². The fourth-order valence-corrected chi connectivity index (χ4v) is 6.19. The van der Waals surface area contributed by atoms with Crippen LogP contribution in [0, 0.1) is 0 Å². The van der Waals surface area contributed by atoms with Gasteiger partial charge in [-0.2, -0.15) is 25.4 Å². The quantitative estimate of drug-likeness (QED) is 0.715. The Morgan fingerprint density at radius 3 is 1.70 bits per heavy atom. The minimum atomic E-state index is -3.67. The molecule has 0 bridgehead atoms. The summed E-state index contributed by atoms with van der Waals surface area (Å²) in [5.74, 6) is 0. The summed E-state index contributed by atoms with van der Waals surface area (Å²) in [7, 11) is -7.31. The maximum Gasteiger partial charge on any atom is 0.301 e. The number of halogens is 1. The molecule has 0 saturated carbocycles. The molecule has 0 aliphatic carbocycles. The zero-order chi connectivity index (χ0) is 19.5. The van der Waals surface area contributed by atoms with Crippen LogP contribution in [0.1, 0.15) is 38.5 Å². The van der Waals surface area contributed by atoms with Crippen LogP contribution < -0.4 is 9.44 Å². The van der Waals surface area contributed by atoms with Gasteiger partial charge in [-0.1, -0.05) is 24.4 Å². The summed E-state index contributed by atoms with van der Waals surface area (Å²) >= 11 is 6.20. The van der Waals surface area contributed by atoms with Crippen LogP contribution in [0.5, 0.6) is 0 Å². The van der Waals surface area contributed by atoms with E-state index in [1.807, 2.05) is 0 Å². The Bertz CT molecular complexity index is 864. The molecular weight excluding hydrogens is 412 g/mol. The van der Waals surface area contributed by atoms with Gasteiger partial charge in [-0.25, -0.2) is 0 Å². The van der Waals surface area contributed by atoms with Crippen LogP contribution in [0.15, 0.2) is 18.2 Å². The van der Waals surface area contributed by atoms with E-state index < -0.39 is 20.4 Å². The highest BCUT2D eigenvalue weighted by Gasteiger charge is 2.26. The van der Waals surface area contributed by atoms with Crippen molar-refractivity contribution >= 4 is 43.4 Å². The molecule has 2 fully saturated rings. The first-order valence-corrected chi connectivity index (χ1v) is 12.4. The summed E-state index contributed by atoms with van der Waals surface area (Å²) in [6.45, 7) is 1.97. The molecular formula is C16H25ClN4O4S2. The van der Waals surface area contributed by atoms with Crippen molar-refractivity contribution in [3.05, 3.63) is 23.2 Å². The zero-order valence-electron chi connectivity index (χ0n) is 15.0. The Kier molecular flexibility index (Phi) is 6.52. The summed E-state index contributed by atoms with van der Waals surface area (Å²) < 4.78 is 57.6. The minimum absolute atomic E-state index is 0.134. The first kappa shape index (κ1) is 20.7. The highest BCUT2D eigenvalue weighted by atomic mass is 35.5. The second-order valence-corrected chi connectivity index (χ2v) is 10.6. The van der Waals surface area contributed by atoms with Gasteiger partial charge >= 0.3 is 20.4 Å². The van der Waals surface area contributed by atoms with E-state index in [1.54, 1.807) is 0 Å². The van der Waals surface area contributed by atoms with Gasteiger partial charge in [0.1, 0.15) is 0 Å². The molecule has 2 saturated heterocycles. The molecule has 1 aromatic carbocycles. The average Bonchev–Trinajstić information content (AvgIpc) is 2.65. The molecule has 2 aliphatic rings. The lowest BCUT2D eigenvalue weighted by atomic mass is 10.2. The van der Waals surface area contributed by atoms with Crippen LogP contribution in [-0.4, -0.2) is 51.6 Å². The number of benzene rings is 1. The third kappa shape index (κ3) is 5.26. The van der Waals surface area contributed by atoms with E-state index in [0.717, 1.165) is 38.5 Å². The molecule has 152 valence electrons. The molecule has 1 aromatic rings. The van der Waals surface area contributed by atoms with Gasteiger partial charge in [0.05, 0.1) is 16.4 Å². The number of piperidine rings is 2. The van der Waals surface area contributed by atoms with E-state index in [0.29, 0.717) is 31.9 Å². The highest BCUT2D eigenvalue weighted by Crippen LogP contribution is 2.28. The Labute approximate surface area is 166 Å². The van der Waals surface area contributed by atoms with E-state index in [4.69, 9.17) is 11.6 Å². The molecule has 0 amide bonds. The van der Waals surface area contributed by atoms with Gasteiger partial charge in [-0.3, -0.25) is 9.44 Å². The van der Waals surface area contributed by atoms with E-state index in [1.165, 1.54) is 26.8 Å². The summed E-state index contributed by atoms with van der Waals surface area (Å²) in [5.41, 5.74) is 0.523. The van der Waals surface area contributed by atoms with Crippen molar-refractivity contribution in [1.82, 2.24) is 8.61 Å². The molecule has 0 atom stereocenters. The molecule has 0 radical (unpaired) electrons. The van der Waals surface area contributed by atoms with Crippen LogP contribution in [0.25, 0.3) is 0 Å². The third-order valence-electron chi connectivity index (χ3n) is 4.76. The van der Waals surface area contributed by atoms with Crippen molar-refractivity contribution in [2.24, 2.45) is 0 Å². The predicted octanol–water partition coefficient (Wildman–Crippen LogP) is 2.63. The van der Waals surface area contributed by atoms with Crippen molar-refractivity contribution in [2.45, 2.75) is 38.5 Å². The van der Waals surface area contributed by atoms with Crippen molar-refractivity contribution < 1.29 is 16.8 Å². The Balaban J connectivity index is 1.70. The van der Waals surface area contributed by atoms with Gasteiger partial charge in [0, 0.05) is 26.2 Å². The summed E-state index contributed by atoms with van der Waals surface area (Å²) in [6.07, 6.45) is 5.43. The van der Waals surface area contributed by atoms with E-state index in [2.05, 4.69) is 9.44 Å². The van der Waals surface area contributed by atoms with Crippen LogP contribution in [0.4, 0.5) is 11.4 Å². The second kappa shape index (κ2) is 8.52. The van der Waals surface area contributed by atoms with Gasteiger partial charge < -0.3 is 0 Å². The van der Waals surface area contributed by atoms with Crippen molar-refractivity contribution in [3.63, 3.8) is 0 Å². The standard InChI is InChI=1S/C16H25ClN4O4S2/c17-15-13-14(18-26(22,23)20-9-3-1-4-10-20)7-8-16(15)19-27(24,25)21-11-5-2-6-12-21/h7-8,13,18-19H,1-6,9-12H2. The molecule has 0 unspecified atom stereocenters. The lowest BCUT2D eigenvalue weighted by Gasteiger charge is -2.27. The second-order valence-electron chi connectivity index (χ2n) is 6.83.